The van der Waals surface area contributed by atoms with E-state index in [2.05, 4.69) is 19.2 Å². The fourth-order valence-electron chi connectivity index (χ4n) is 2.02. The SMILES string of the molecule is CC(C)CCCCCCNC(=O)c1cccc(N)c1. The first-order valence-electron chi connectivity index (χ1n) is 7.23. The van der Waals surface area contributed by atoms with Crippen molar-refractivity contribution in [2.45, 2.75) is 46.0 Å². The maximum Gasteiger partial charge on any atom is 0.251 e. The van der Waals surface area contributed by atoms with E-state index in [1.165, 1.54) is 25.7 Å². The molecule has 3 N–H and O–H groups in total. The highest BCUT2D eigenvalue weighted by atomic mass is 16.1. The van der Waals surface area contributed by atoms with E-state index in [0.29, 0.717) is 11.3 Å². The molecule has 0 aliphatic heterocycles. The Balaban J connectivity index is 2.11. The van der Waals surface area contributed by atoms with Crippen LogP contribution in [0.3, 0.4) is 0 Å². The molecule has 1 rings (SSSR count). The van der Waals surface area contributed by atoms with Gasteiger partial charge in [0.15, 0.2) is 0 Å². The highest BCUT2D eigenvalue weighted by Crippen LogP contribution is 2.09. The van der Waals surface area contributed by atoms with Crippen LogP contribution in [0.1, 0.15) is 56.3 Å². The summed E-state index contributed by atoms with van der Waals surface area (Å²) in [5.74, 6) is 0.762. The van der Waals surface area contributed by atoms with Crippen LogP contribution in [0.5, 0.6) is 0 Å². The van der Waals surface area contributed by atoms with Crippen molar-refractivity contribution in [1.82, 2.24) is 5.32 Å². The highest BCUT2D eigenvalue weighted by molar-refractivity contribution is 5.94. The lowest BCUT2D eigenvalue weighted by Crippen LogP contribution is -2.24. The number of amides is 1. The Morgan fingerprint density at radius 2 is 1.95 bits per heavy atom. The van der Waals surface area contributed by atoms with E-state index in [4.69, 9.17) is 5.73 Å². The number of nitrogens with two attached hydrogens (primary N) is 1. The predicted octanol–water partition coefficient (Wildman–Crippen LogP) is 3.61. The van der Waals surface area contributed by atoms with Crippen LogP contribution in [-0.2, 0) is 0 Å². The van der Waals surface area contributed by atoms with Crippen LogP contribution in [0, 0.1) is 5.92 Å². The second-order valence-electron chi connectivity index (χ2n) is 5.48. The van der Waals surface area contributed by atoms with E-state index < -0.39 is 0 Å². The molecule has 0 aliphatic rings. The topological polar surface area (TPSA) is 55.1 Å². The summed E-state index contributed by atoms with van der Waals surface area (Å²) in [5, 5.41) is 2.93. The number of nitrogen functional groups attached to an aromatic ring is 1. The maximum atomic E-state index is 11.8. The van der Waals surface area contributed by atoms with Crippen molar-refractivity contribution < 1.29 is 4.79 Å². The number of hydrogen-bond donors (Lipinski definition) is 2. The first kappa shape index (κ1) is 15.5. The fraction of sp³-hybridized carbons (Fsp3) is 0.562. The van der Waals surface area contributed by atoms with Gasteiger partial charge >= 0.3 is 0 Å². The molecule has 0 aromatic heterocycles. The van der Waals surface area contributed by atoms with E-state index in [-0.39, 0.29) is 5.91 Å². The summed E-state index contributed by atoms with van der Waals surface area (Å²) in [4.78, 5) is 11.8. The summed E-state index contributed by atoms with van der Waals surface area (Å²) in [6.45, 7) is 5.26. The van der Waals surface area contributed by atoms with Crippen molar-refractivity contribution in [1.29, 1.82) is 0 Å². The molecule has 0 bridgehead atoms. The van der Waals surface area contributed by atoms with Crippen molar-refractivity contribution in [3.8, 4) is 0 Å². The quantitative estimate of drug-likeness (QED) is 0.555. The molecule has 0 heterocycles. The third-order valence-electron chi connectivity index (χ3n) is 3.14. The number of unbranched alkanes of at least 4 members (excludes halogenated alkanes) is 3. The molecular formula is C16H26N2O. The number of rotatable bonds is 8. The lowest BCUT2D eigenvalue weighted by molar-refractivity contribution is 0.0953. The van der Waals surface area contributed by atoms with Gasteiger partial charge in [-0.05, 0) is 30.5 Å². The molecule has 0 radical (unpaired) electrons. The first-order valence-corrected chi connectivity index (χ1v) is 7.23. The van der Waals surface area contributed by atoms with Crippen LogP contribution in [0.25, 0.3) is 0 Å². The van der Waals surface area contributed by atoms with Crippen LogP contribution in [0.15, 0.2) is 24.3 Å². The summed E-state index contributed by atoms with van der Waals surface area (Å²) >= 11 is 0. The van der Waals surface area contributed by atoms with Gasteiger partial charge in [-0.25, -0.2) is 0 Å². The second kappa shape index (κ2) is 8.57. The van der Waals surface area contributed by atoms with Crippen LogP contribution in [-0.4, -0.2) is 12.5 Å². The smallest absolute Gasteiger partial charge is 0.251 e. The molecule has 0 atom stereocenters. The van der Waals surface area contributed by atoms with E-state index in [1.54, 1.807) is 24.3 Å². The average molecular weight is 262 g/mol. The van der Waals surface area contributed by atoms with Crippen molar-refractivity contribution in [3.63, 3.8) is 0 Å². The Morgan fingerprint density at radius 1 is 1.21 bits per heavy atom. The normalized spacial score (nSPS) is 10.7. The minimum absolute atomic E-state index is 0.0329. The third kappa shape index (κ3) is 6.85. The summed E-state index contributed by atoms with van der Waals surface area (Å²) in [5.41, 5.74) is 6.92. The third-order valence-corrected chi connectivity index (χ3v) is 3.14. The van der Waals surface area contributed by atoms with Gasteiger partial charge in [-0.1, -0.05) is 45.6 Å². The number of carbonyl (C=O) groups is 1. The molecule has 1 amide bonds. The van der Waals surface area contributed by atoms with Gasteiger partial charge in [-0.3, -0.25) is 4.79 Å². The standard InChI is InChI=1S/C16H26N2O/c1-13(2)8-5-3-4-6-11-18-16(19)14-9-7-10-15(17)12-14/h7,9-10,12-13H,3-6,8,11,17H2,1-2H3,(H,18,19). The molecule has 3 nitrogen and oxygen atoms in total. The summed E-state index contributed by atoms with van der Waals surface area (Å²) in [6.07, 6.45) is 6.08. The zero-order valence-corrected chi connectivity index (χ0v) is 12.1. The van der Waals surface area contributed by atoms with Gasteiger partial charge in [0.05, 0.1) is 0 Å². The van der Waals surface area contributed by atoms with Crippen LogP contribution < -0.4 is 11.1 Å². The van der Waals surface area contributed by atoms with Gasteiger partial charge in [-0.15, -0.1) is 0 Å². The summed E-state index contributed by atoms with van der Waals surface area (Å²) < 4.78 is 0. The van der Waals surface area contributed by atoms with E-state index in [0.717, 1.165) is 18.9 Å². The van der Waals surface area contributed by atoms with Gasteiger partial charge in [0.2, 0.25) is 0 Å². The summed E-state index contributed by atoms with van der Waals surface area (Å²) in [6, 6.07) is 7.08. The van der Waals surface area contributed by atoms with E-state index in [1.807, 2.05) is 0 Å². The van der Waals surface area contributed by atoms with Gasteiger partial charge in [-0.2, -0.15) is 0 Å². The molecule has 106 valence electrons. The molecule has 0 spiro atoms. The Kier molecular flexibility index (Phi) is 7.01. The van der Waals surface area contributed by atoms with Gasteiger partial charge in [0.1, 0.15) is 0 Å². The molecule has 0 saturated heterocycles. The molecule has 1 aromatic carbocycles. The Labute approximate surface area is 116 Å². The fourth-order valence-corrected chi connectivity index (χ4v) is 2.02. The van der Waals surface area contributed by atoms with E-state index in [9.17, 15) is 4.79 Å². The minimum Gasteiger partial charge on any atom is -0.399 e. The molecule has 19 heavy (non-hydrogen) atoms. The summed E-state index contributed by atoms with van der Waals surface area (Å²) in [7, 11) is 0. The van der Waals surface area contributed by atoms with Crippen molar-refractivity contribution >= 4 is 11.6 Å². The first-order chi connectivity index (χ1) is 9.09. The number of anilines is 1. The molecule has 0 fully saturated rings. The van der Waals surface area contributed by atoms with Gasteiger partial charge in [0, 0.05) is 17.8 Å². The predicted molar refractivity (Wildman–Crippen MR) is 81.1 cm³/mol. The van der Waals surface area contributed by atoms with Crippen LogP contribution >= 0.6 is 0 Å². The van der Waals surface area contributed by atoms with Gasteiger partial charge < -0.3 is 11.1 Å². The second-order valence-corrected chi connectivity index (χ2v) is 5.48. The van der Waals surface area contributed by atoms with Crippen LogP contribution in [0.2, 0.25) is 0 Å². The number of hydrogen-bond acceptors (Lipinski definition) is 2. The van der Waals surface area contributed by atoms with Crippen LogP contribution in [0.4, 0.5) is 5.69 Å². The molecule has 1 aromatic rings. The molecule has 0 unspecified atom stereocenters. The zero-order chi connectivity index (χ0) is 14.1. The van der Waals surface area contributed by atoms with Crippen molar-refractivity contribution in [2.75, 3.05) is 12.3 Å². The number of carbonyl (C=O) groups excluding carboxylic acids is 1. The Hall–Kier alpha value is -1.51. The van der Waals surface area contributed by atoms with E-state index >= 15 is 0 Å². The Morgan fingerprint density at radius 3 is 2.63 bits per heavy atom. The maximum absolute atomic E-state index is 11.8. The zero-order valence-electron chi connectivity index (χ0n) is 12.1. The van der Waals surface area contributed by atoms with Gasteiger partial charge in [0.25, 0.3) is 5.91 Å². The largest absolute Gasteiger partial charge is 0.399 e. The lowest BCUT2D eigenvalue weighted by atomic mass is 10.0. The molecule has 3 heteroatoms. The van der Waals surface area contributed by atoms with Crippen molar-refractivity contribution in [3.05, 3.63) is 29.8 Å². The number of nitrogens with one attached hydrogen (secondary N) is 1. The Bertz CT molecular complexity index is 388. The average Bonchev–Trinajstić information content (AvgIpc) is 2.37. The highest BCUT2D eigenvalue weighted by Gasteiger charge is 2.04. The molecule has 0 aliphatic carbocycles. The number of benzene rings is 1. The molecule has 0 saturated carbocycles. The monoisotopic (exact) mass is 262 g/mol. The lowest BCUT2D eigenvalue weighted by Gasteiger charge is -2.06. The minimum atomic E-state index is -0.0329. The van der Waals surface area contributed by atoms with Crippen molar-refractivity contribution in [2.24, 2.45) is 5.92 Å². The molecular weight excluding hydrogens is 236 g/mol.